The van der Waals surface area contributed by atoms with Crippen LogP contribution in [0.1, 0.15) is 48.6 Å². The second-order valence-corrected chi connectivity index (χ2v) is 11.4. The monoisotopic (exact) mass is 618 g/mol. The number of piperidine rings is 1. The molecular formula is C29H38BF3N6O5. The molecule has 1 fully saturated rings. The number of nitrogens with zero attached hydrogens (tertiary/aromatic N) is 2. The van der Waals surface area contributed by atoms with Gasteiger partial charge in [0.25, 0.3) is 0 Å². The summed E-state index contributed by atoms with van der Waals surface area (Å²) in [6.45, 7) is 0.726. The standard InChI is InChI=1S/C29H38BF3N6O5/c1-38(28-21-4-2-3-5-22(21)30(43)44-28)27(42)24(12-8-17-6-9-18(10-7-17)29(31,32)33)37-26(41)23(36)11-13-25(40)39-15-19(34)14-20(35)16-39/h2-7,9-10,19-20,23-24,28,43H,8,11-16,34-36H2,1H3,(H,37,41)/t19-,20+,23-,24+,28+/m0/s1. The number of amides is 3. The first-order chi connectivity index (χ1) is 20.7. The van der Waals surface area contributed by atoms with E-state index in [-0.39, 0.29) is 43.7 Å². The van der Waals surface area contributed by atoms with Gasteiger partial charge < -0.3 is 42.0 Å². The van der Waals surface area contributed by atoms with E-state index in [1.54, 1.807) is 29.2 Å². The lowest BCUT2D eigenvalue weighted by Crippen LogP contribution is -2.54. The highest BCUT2D eigenvalue weighted by Gasteiger charge is 2.40. The van der Waals surface area contributed by atoms with Crippen molar-refractivity contribution in [2.24, 2.45) is 17.2 Å². The Labute approximate surface area is 254 Å². The number of nitrogens with one attached hydrogen (secondary N) is 1. The van der Waals surface area contributed by atoms with E-state index in [4.69, 9.17) is 21.9 Å². The van der Waals surface area contributed by atoms with E-state index in [2.05, 4.69) is 5.32 Å². The summed E-state index contributed by atoms with van der Waals surface area (Å²) in [6, 6.07) is 8.67. The van der Waals surface area contributed by atoms with E-state index in [1.807, 2.05) is 0 Å². The molecule has 8 N–H and O–H groups in total. The molecule has 15 heteroatoms. The quantitative estimate of drug-likeness (QED) is 0.231. The summed E-state index contributed by atoms with van der Waals surface area (Å²) < 4.78 is 44.6. The molecule has 0 radical (unpaired) electrons. The molecule has 0 unspecified atom stereocenters. The van der Waals surface area contributed by atoms with Crippen molar-refractivity contribution in [2.75, 3.05) is 20.1 Å². The van der Waals surface area contributed by atoms with E-state index in [0.717, 1.165) is 12.1 Å². The van der Waals surface area contributed by atoms with Gasteiger partial charge in [0.1, 0.15) is 12.3 Å². The molecule has 0 saturated carbocycles. The van der Waals surface area contributed by atoms with Crippen LogP contribution >= 0.6 is 0 Å². The third-order valence-electron chi connectivity index (χ3n) is 7.98. The Morgan fingerprint density at radius 1 is 1.09 bits per heavy atom. The average Bonchev–Trinajstić information content (AvgIpc) is 3.32. The third-order valence-corrected chi connectivity index (χ3v) is 7.98. The molecule has 4 rings (SSSR count). The zero-order valence-corrected chi connectivity index (χ0v) is 24.4. The fourth-order valence-corrected chi connectivity index (χ4v) is 5.55. The van der Waals surface area contributed by atoms with Crippen LogP contribution in [-0.2, 0) is 31.6 Å². The second-order valence-electron chi connectivity index (χ2n) is 11.4. The number of carbonyl (C=O) groups excluding carboxylic acids is 3. The van der Waals surface area contributed by atoms with Crippen LogP contribution in [0.4, 0.5) is 13.2 Å². The van der Waals surface area contributed by atoms with Gasteiger partial charge in [-0.15, -0.1) is 0 Å². The van der Waals surface area contributed by atoms with Gasteiger partial charge in [-0.05, 0) is 54.4 Å². The molecule has 238 valence electrons. The zero-order chi connectivity index (χ0) is 32.2. The number of carbonyl (C=O) groups is 3. The Morgan fingerprint density at radius 3 is 2.36 bits per heavy atom. The predicted octanol–water partition coefficient (Wildman–Crippen LogP) is -0.00790. The summed E-state index contributed by atoms with van der Waals surface area (Å²) in [7, 11) is 0.216. The lowest BCUT2D eigenvalue weighted by molar-refractivity contribution is -0.143. The van der Waals surface area contributed by atoms with Crippen LogP contribution in [0.2, 0.25) is 0 Å². The molecule has 2 aromatic rings. The number of hydrogen-bond donors (Lipinski definition) is 5. The zero-order valence-electron chi connectivity index (χ0n) is 24.4. The topological polar surface area (TPSA) is 177 Å². The van der Waals surface area contributed by atoms with Gasteiger partial charge in [-0.25, -0.2) is 0 Å². The predicted molar refractivity (Wildman–Crippen MR) is 157 cm³/mol. The summed E-state index contributed by atoms with van der Waals surface area (Å²) in [4.78, 5) is 42.4. The first kappa shape index (κ1) is 33.4. The van der Waals surface area contributed by atoms with Crippen molar-refractivity contribution in [3.8, 4) is 0 Å². The lowest BCUT2D eigenvalue weighted by Gasteiger charge is -2.34. The van der Waals surface area contributed by atoms with E-state index < -0.39 is 49.0 Å². The highest BCUT2D eigenvalue weighted by Crippen LogP contribution is 2.30. The van der Waals surface area contributed by atoms with Gasteiger partial charge in [0.2, 0.25) is 17.7 Å². The van der Waals surface area contributed by atoms with Crippen molar-refractivity contribution < 1.29 is 37.2 Å². The van der Waals surface area contributed by atoms with Crippen LogP contribution in [0.25, 0.3) is 0 Å². The number of aryl methyl sites for hydroxylation is 1. The highest BCUT2D eigenvalue weighted by molar-refractivity contribution is 6.61. The SMILES string of the molecule is CN(C(=O)[C@@H](CCc1ccc(C(F)(F)F)cc1)NC(=O)[C@@H](N)CCC(=O)N1C[C@H](N)C[C@H](N)C1)[C@@H]1OB(O)c2ccccc21. The maximum absolute atomic E-state index is 13.7. The number of likely N-dealkylation sites (N-methyl/N-ethyl adjacent to an activating group) is 1. The molecule has 11 nitrogen and oxygen atoms in total. The summed E-state index contributed by atoms with van der Waals surface area (Å²) in [5, 5.41) is 13.0. The van der Waals surface area contributed by atoms with Crippen LogP contribution in [0, 0.1) is 0 Å². The van der Waals surface area contributed by atoms with E-state index >= 15 is 0 Å². The van der Waals surface area contributed by atoms with Crippen molar-refractivity contribution >= 4 is 30.3 Å². The Morgan fingerprint density at radius 2 is 1.73 bits per heavy atom. The summed E-state index contributed by atoms with van der Waals surface area (Å²) in [6.07, 6.45) is -4.64. The summed E-state index contributed by atoms with van der Waals surface area (Å²) in [5.74, 6) is -1.46. The van der Waals surface area contributed by atoms with Gasteiger partial charge >= 0.3 is 13.3 Å². The molecule has 0 bridgehead atoms. The Bertz CT molecular complexity index is 1320. The second kappa shape index (κ2) is 14.1. The van der Waals surface area contributed by atoms with Crippen LogP contribution < -0.4 is 28.0 Å². The highest BCUT2D eigenvalue weighted by atomic mass is 19.4. The molecule has 2 aromatic carbocycles. The van der Waals surface area contributed by atoms with Gasteiger partial charge in [-0.1, -0.05) is 36.4 Å². The molecule has 0 aliphatic carbocycles. The smallest absolute Gasteiger partial charge is 0.423 e. The Balaban J connectivity index is 1.44. The number of halogens is 3. The fraction of sp³-hybridized carbons (Fsp3) is 0.483. The van der Waals surface area contributed by atoms with Crippen LogP contribution in [0.3, 0.4) is 0 Å². The van der Waals surface area contributed by atoms with Crippen molar-refractivity contribution in [1.82, 2.24) is 15.1 Å². The van der Waals surface area contributed by atoms with Gasteiger partial charge in [0, 0.05) is 38.6 Å². The molecule has 2 heterocycles. The minimum Gasteiger partial charge on any atom is -0.423 e. The molecule has 3 amide bonds. The lowest BCUT2D eigenvalue weighted by atomic mass is 9.79. The minimum absolute atomic E-state index is 0.00655. The maximum atomic E-state index is 13.7. The van der Waals surface area contributed by atoms with Crippen molar-refractivity contribution in [1.29, 1.82) is 0 Å². The number of alkyl halides is 3. The Hall–Kier alpha value is -3.50. The van der Waals surface area contributed by atoms with E-state index in [0.29, 0.717) is 36.1 Å². The van der Waals surface area contributed by atoms with E-state index in [9.17, 15) is 32.6 Å². The summed E-state index contributed by atoms with van der Waals surface area (Å²) in [5.41, 5.74) is 18.9. The first-order valence-electron chi connectivity index (χ1n) is 14.4. The Kier molecular flexibility index (Phi) is 10.7. The number of fused-ring (bicyclic) bond motifs is 1. The number of likely N-dealkylation sites (tertiary alicyclic amines) is 1. The van der Waals surface area contributed by atoms with E-state index in [1.165, 1.54) is 24.1 Å². The number of hydrogen-bond acceptors (Lipinski definition) is 8. The van der Waals surface area contributed by atoms with Crippen LogP contribution in [0.15, 0.2) is 48.5 Å². The maximum Gasteiger partial charge on any atom is 0.493 e. The summed E-state index contributed by atoms with van der Waals surface area (Å²) >= 11 is 0. The fourth-order valence-electron chi connectivity index (χ4n) is 5.55. The molecule has 5 atom stereocenters. The van der Waals surface area contributed by atoms with Crippen molar-refractivity contribution in [3.05, 3.63) is 65.2 Å². The minimum atomic E-state index is -4.49. The molecule has 0 aromatic heterocycles. The number of rotatable bonds is 10. The largest absolute Gasteiger partial charge is 0.493 e. The molecule has 2 aliphatic rings. The molecule has 0 spiro atoms. The normalized spacial score (nSPS) is 21.4. The van der Waals surface area contributed by atoms with Gasteiger partial charge in [0.15, 0.2) is 0 Å². The first-order valence-corrected chi connectivity index (χ1v) is 14.4. The average molecular weight is 618 g/mol. The number of nitrogens with two attached hydrogens (primary N) is 3. The molecule has 1 saturated heterocycles. The van der Waals surface area contributed by atoms with Crippen LogP contribution in [0.5, 0.6) is 0 Å². The van der Waals surface area contributed by atoms with Crippen molar-refractivity contribution in [3.63, 3.8) is 0 Å². The van der Waals surface area contributed by atoms with Crippen molar-refractivity contribution in [2.45, 2.75) is 68.7 Å². The number of benzene rings is 2. The molecule has 44 heavy (non-hydrogen) atoms. The third kappa shape index (κ3) is 8.15. The van der Waals surface area contributed by atoms with Gasteiger partial charge in [0.05, 0.1) is 11.6 Å². The van der Waals surface area contributed by atoms with Gasteiger partial charge in [-0.3, -0.25) is 14.4 Å². The van der Waals surface area contributed by atoms with Crippen LogP contribution in [-0.4, -0.2) is 84.0 Å². The van der Waals surface area contributed by atoms with Gasteiger partial charge in [-0.2, -0.15) is 13.2 Å². The molecule has 2 aliphatic heterocycles. The molecular weight excluding hydrogens is 580 g/mol.